The lowest BCUT2D eigenvalue weighted by molar-refractivity contribution is 0.0714. The highest BCUT2D eigenvalue weighted by Crippen LogP contribution is 2.24. The Bertz CT molecular complexity index is 653. The van der Waals surface area contributed by atoms with Crippen molar-refractivity contribution >= 4 is 5.91 Å². The highest BCUT2D eigenvalue weighted by Gasteiger charge is 2.31. The Hall–Kier alpha value is -2.37. The van der Waals surface area contributed by atoms with E-state index in [0.29, 0.717) is 6.54 Å². The van der Waals surface area contributed by atoms with Gasteiger partial charge in [0, 0.05) is 31.7 Å². The quantitative estimate of drug-likeness (QED) is 0.930. The number of aryl methyl sites for hydroxylation is 1. The zero-order valence-corrected chi connectivity index (χ0v) is 11.9. The van der Waals surface area contributed by atoms with Gasteiger partial charge in [-0.25, -0.2) is 9.97 Å². The van der Waals surface area contributed by atoms with Crippen molar-refractivity contribution in [2.75, 3.05) is 6.54 Å². The fourth-order valence-corrected chi connectivity index (χ4v) is 2.81. The predicted molar refractivity (Wildman–Crippen MR) is 76.9 cm³/mol. The van der Waals surface area contributed by atoms with Gasteiger partial charge in [-0.15, -0.1) is 0 Å². The Morgan fingerprint density at radius 2 is 2.29 bits per heavy atom. The van der Waals surface area contributed by atoms with Gasteiger partial charge in [0.2, 0.25) is 0 Å². The molecule has 1 N–H and O–H groups in total. The van der Waals surface area contributed by atoms with Crippen molar-refractivity contribution in [3.63, 3.8) is 0 Å². The van der Waals surface area contributed by atoms with Gasteiger partial charge in [0.15, 0.2) is 5.69 Å². The minimum absolute atomic E-state index is 0.0630. The van der Waals surface area contributed by atoms with Crippen molar-refractivity contribution in [1.29, 1.82) is 0 Å². The van der Waals surface area contributed by atoms with Crippen LogP contribution in [-0.4, -0.2) is 43.0 Å². The summed E-state index contributed by atoms with van der Waals surface area (Å²) in [6, 6.07) is 3.22. The smallest absolute Gasteiger partial charge is 0.276 e. The fourth-order valence-electron chi connectivity index (χ4n) is 2.81. The second-order valence-corrected chi connectivity index (χ2v) is 5.29. The number of hydrogen-bond donors (Lipinski definition) is 1. The molecule has 3 rings (SSSR count). The molecule has 0 unspecified atom stereocenters. The van der Waals surface area contributed by atoms with E-state index in [1.807, 2.05) is 18.0 Å². The topological polar surface area (TPSA) is 71.2 Å². The molecule has 1 atom stereocenters. The minimum atomic E-state index is -0.201. The van der Waals surface area contributed by atoms with E-state index >= 15 is 0 Å². The molecule has 2 aromatic heterocycles. The van der Waals surface area contributed by atoms with Gasteiger partial charge in [0.25, 0.3) is 5.91 Å². The fraction of sp³-hybridized carbons (Fsp3) is 0.400. The molecule has 0 saturated carbocycles. The zero-order chi connectivity index (χ0) is 14.8. The van der Waals surface area contributed by atoms with Crippen LogP contribution in [0.4, 0.5) is 0 Å². The number of nitrogens with zero attached hydrogens (tertiary/aromatic N) is 4. The van der Waals surface area contributed by atoms with Crippen LogP contribution in [0.5, 0.6) is 5.75 Å². The van der Waals surface area contributed by atoms with Gasteiger partial charge in [-0.1, -0.05) is 0 Å². The van der Waals surface area contributed by atoms with Crippen LogP contribution in [0.1, 0.15) is 29.2 Å². The molecule has 1 aliphatic heterocycles. The molecule has 1 saturated heterocycles. The predicted octanol–water partition coefficient (Wildman–Crippen LogP) is 1.60. The maximum atomic E-state index is 12.6. The van der Waals surface area contributed by atoms with Crippen LogP contribution >= 0.6 is 0 Å². The van der Waals surface area contributed by atoms with Crippen LogP contribution in [0.15, 0.2) is 30.7 Å². The summed E-state index contributed by atoms with van der Waals surface area (Å²) in [4.78, 5) is 22.6. The van der Waals surface area contributed by atoms with Gasteiger partial charge < -0.3 is 14.6 Å². The van der Waals surface area contributed by atoms with Crippen LogP contribution in [0.3, 0.4) is 0 Å². The molecular weight excluding hydrogens is 268 g/mol. The van der Waals surface area contributed by atoms with Crippen LogP contribution in [0.2, 0.25) is 0 Å². The third kappa shape index (κ3) is 2.61. The summed E-state index contributed by atoms with van der Waals surface area (Å²) < 4.78 is 2.05. The Kier molecular flexibility index (Phi) is 3.60. The molecule has 3 heterocycles. The van der Waals surface area contributed by atoms with E-state index in [1.54, 1.807) is 12.3 Å². The highest BCUT2D eigenvalue weighted by atomic mass is 16.3. The monoisotopic (exact) mass is 286 g/mol. The second-order valence-electron chi connectivity index (χ2n) is 5.29. The number of aromatic hydroxyl groups is 1. The Labute approximate surface area is 123 Å². The van der Waals surface area contributed by atoms with E-state index in [0.717, 1.165) is 25.2 Å². The van der Waals surface area contributed by atoms with E-state index in [4.69, 9.17) is 0 Å². The number of hydrogen-bond acceptors (Lipinski definition) is 4. The van der Waals surface area contributed by atoms with Crippen LogP contribution in [-0.2, 0) is 6.54 Å². The summed E-state index contributed by atoms with van der Waals surface area (Å²) in [5.41, 5.74) is 0.131. The minimum Gasteiger partial charge on any atom is -0.505 e. The average molecular weight is 286 g/mol. The van der Waals surface area contributed by atoms with E-state index < -0.39 is 0 Å². The van der Waals surface area contributed by atoms with Gasteiger partial charge >= 0.3 is 0 Å². The Morgan fingerprint density at radius 3 is 3.00 bits per heavy atom. The molecule has 0 aromatic carbocycles. The molecule has 6 heteroatoms. The number of amides is 1. The molecule has 1 aliphatic rings. The summed E-state index contributed by atoms with van der Waals surface area (Å²) in [7, 11) is 0. The number of rotatable bonds is 3. The summed E-state index contributed by atoms with van der Waals surface area (Å²) in [5.74, 6) is 0.676. The summed E-state index contributed by atoms with van der Waals surface area (Å²) in [6.45, 7) is 3.38. The first-order valence-corrected chi connectivity index (χ1v) is 7.09. The van der Waals surface area contributed by atoms with Gasteiger partial charge in [-0.2, -0.15) is 0 Å². The summed E-state index contributed by atoms with van der Waals surface area (Å²) in [5, 5.41) is 9.80. The van der Waals surface area contributed by atoms with Crippen molar-refractivity contribution in [3.8, 4) is 5.75 Å². The number of carbonyl (C=O) groups is 1. The highest BCUT2D eigenvalue weighted by molar-refractivity contribution is 5.95. The molecular formula is C15H18N4O2. The van der Waals surface area contributed by atoms with Crippen molar-refractivity contribution in [1.82, 2.24) is 19.4 Å². The summed E-state index contributed by atoms with van der Waals surface area (Å²) >= 11 is 0. The molecule has 0 aliphatic carbocycles. The largest absolute Gasteiger partial charge is 0.505 e. The molecule has 2 aromatic rings. The van der Waals surface area contributed by atoms with Gasteiger partial charge in [-0.05, 0) is 31.9 Å². The van der Waals surface area contributed by atoms with Crippen LogP contribution in [0, 0.1) is 6.92 Å². The second kappa shape index (κ2) is 5.55. The lowest BCUT2D eigenvalue weighted by Gasteiger charge is -2.25. The molecule has 0 bridgehead atoms. The molecule has 0 radical (unpaired) electrons. The molecule has 1 amide bonds. The standard InChI is InChI=1S/C15H18N4O2/c1-11-16-7-9-18(11)10-12-4-3-8-19(12)15(21)14-13(20)5-2-6-17-14/h2,5-7,9,12,20H,3-4,8,10H2,1H3/t12-/m1/s1. The molecule has 0 spiro atoms. The molecule has 110 valence electrons. The first-order valence-electron chi connectivity index (χ1n) is 7.09. The van der Waals surface area contributed by atoms with E-state index in [1.165, 1.54) is 12.3 Å². The first kappa shape index (κ1) is 13.6. The zero-order valence-electron chi connectivity index (χ0n) is 11.9. The molecule has 21 heavy (non-hydrogen) atoms. The Morgan fingerprint density at radius 1 is 1.43 bits per heavy atom. The average Bonchev–Trinajstić information content (AvgIpc) is 3.09. The van der Waals surface area contributed by atoms with Crippen LogP contribution < -0.4 is 0 Å². The molecule has 1 fully saturated rings. The number of pyridine rings is 1. The SMILES string of the molecule is Cc1nccn1C[C@H]1CCCN1C(=O)c1ncccc1O. The van der Waals surface area contributed by atoms with E-state index in [-0.39, 0.29) is 23.4 Å². The number of carbonyl (C=O) groups excluding carboxylic acids is 1. The third-order valence-corrected chi connectivity index (χ3v) is 3.96. The molecule has 6 nitrogen and oxygen atoms in total. The number of likely N-dealkylation sites (tertiary alicyclic amines) is 1. The van der Waals surface area contributed by atoms with Gasteiger partial charge in [-0.3, -0.25) is 4.79 Å². The Balaban J connectivity index is 1.79. The first-order chi connectivity index (χ1) is 10.2. The van der Waals surface area contributed by atoms with Gasteiger partial charge in [0.1, 0.15) is 11.6 Å². The van der Waals surface area contributed by atoms with E-state index in [2.05, 4.69) is 14.5 Å². The lowest BCUT2D eigenvalue weighted by Crippen LogP contribution is -2.38. The van der Waals surface area contributed by atoms with Crippen LogP contribution in [0.25, 0.3) is 0 Å². The maximum Gasteiger partial charge on any atom is 0.276 e. The lowest BCUT2D eigenvalue weighted by atomic mass is 10.2. The normalized spacial score (nSPS) is 18.1. The number of imidazole rings is 1. The van der Waals surface area contributed by atoms with Gasteiger partial charge in [0.05, 0.1) is 6.04 Å². The third-order valence-electron chi connectivity index (χ3n) is 3.96. The van der Waals surface area contributed by atoms with Crippen molar-refractivity contribution in [2.24, 2.45) is 0 Å². The van der Waals surface area contributed by atoms with Crippen molar-refractivity contribution in [3.05, 3.63) is 42.2 Å². The summed E-state index contributed by atoms with van der Waals surface area (Å²) in [6.07, 6.45) is 7.14. The van der Waals surface area contributed by atoms with Crippen molar-refractivity contribution in [2.45, 2.75) is 32.4 Å². The van der Waals surface area contributed by atoms with E-state index in [9.17, 15) is 9.90 Å². The number of aromatic nitrogens is 3. The maximum absolute atomic E-state index is 12.6. The van der Waals surface area contributed by atoms with Crippen molar-refractivity contribution < 1.29 is 9.90 Å².